The van der Waals surface area contributed by atoms with Gasteiger partial charge in [0.15, 0.2) is 0 Å². The van der Waals surface area contributed by atoms with Crippen molar-refractivity contribution < 1.29 is 23.2 Å². The number of halogens is 2. The Hall–Kier alpha value is 1.69. The van der Waals surface area contributed by atoms with Gasteiger partial charge in [-0.1, -0.05) is 0 Å². The smallest absolute Gasteiger partial charge is 0.781 e. The van der Waals surface area contributed by atoms with Gasteiger partial charge in [-0.05, 0) is 0 Å². The van der Waals surface area contributed by atoms with Crippen LogP contribution in [0.25, 0.3) is 0 Å². The summed E-state index contributed by atoms with van der Waals surface area (Å²) in [6.07, 6.45) is 0. The van der Waals surface area contributed by atoms with Crippen LogP contribution in [0.15, 0.2) is 0 Å². The molecule has 2 unspecified atom stereocenters. The molecule has 0 rings (SSSR count). The molecule has 0 heterocycles. The summed E-state index contributed by atoms with van der Waals surface area (Å²) in [5.74, 6) is 1.11. The molecule has 0 aromatic heterocycles. The van der Waals surface area contributed by atoms with Gasteiger partial charge in [-0.15, -0.1) is 23.2 Å². The minimum Gasteiger partial charge on any atom is -0.781 e. The molecule has 10 heteroatoms. The molecule has 0 spiro atoms. The molecule has 0 saturated carbocycles. The Balaban J connectivity index is -0.000000142. The molecular formula is C2H6Cl2MgO5P2. The minimum atomic E-state index is -3.51. The summed E-state index contributed by atoms with van der Waals surface area (Å²) >= 11 is 10.1. The molecule has 0 bridgehead atoms. The quantitative estimate of drug-likeness (QED) is 0.394. The van der Waals surface area contributed by atoms with Crippen molar-refractivity contribution in [3.05, 3.63) is 0 Å². The first-order valence-corrected chi connectivity index (χ1v) is 5.78. The van der Waals surface area contributed by atoms with Crippen LogP contribution >= 0.6 is 39.7 Å². The van der Waals surface area contributed by atoms with Gasteiger partial charge in [0.05, 0.1) is 0 Å². The molecule has 0 aromatic carbocycles. The molecule has 0 amide bonds. The van der Waals surface area contributed by atoms with E-state index in [4.69, 9.17) is 23.2 Å². The molecule has 0 aliphatic heterocycles. The van der Waals surface area contributed by atoms with Gasteiger partial charge in [0.2, 0.25) is 0 Å². The fourth-order valence-electron chi connectivity index (χ4n) is 0.0680. The summed E-state index contributed by atoms with van der Waals surface area (Å²) in [5.41, 5.74) is 0. The van der Waals surface area contributed by atoms with Crippen molar-refractivity contribution in [2.24, 2.45) is 0 Å². The first-order valence-electron chi connectivity index (χ1n) is 2.26. The molecular weight excluding hydrogens is 261 g/mol. The topological polar surface area (TPSA) is 89.5 Å². The molecule has 0 aliphatic carbocycles. The zero-order chi connectivity index (χ0) is 9.28. The standard InChI is InChI=1S/C2H4Cl2.Mg.H4O5P2/c3-1-2-4;;1-6(2)5-7(3)4/h1-2H2;;6-7H,(H,1,2)(H,3,4)/q;+2;/p-2. The number of hydrogen-bond acceptors (Lipinski definition) is 5. The number of rotatable bonds is 3. The van der Waals surface area contributed by atoms with Crippen molar-refractivity contribution in [2.45, 2.75) is 0 Å². The van der Waals surface area contributed by atoms with Gasteiger partial charge >= 0.3 is 23.1 Å². The van der Waals surface area contributed by atoms with Crippen LogP contribution in [0.1, 0.15) is 0 Å². The summed E-state index contributed by atoms with van der Waals surface area (Å²) in [6, 6.07) is 0. The maximum Gasteiger partial charge on any atom is 2.00 e. The predicted octanol–water partition coefficient (Wildman–Crippen LogP) is -0.414. The molecule has 0 saturated heterocycles. The van der Waals surface area contributed by atoms with Gasteiger partial charge in [-0.3, -0.25) is 4.31 Å². The molecule has 0 fully saturated rings. The van der Waals surface area contributed by atoms with Crippen LogP contribution in [-0.2, 0) is 13.4 Å². The zero-order valence-corrected chi connectivity index (χ0v) is 10.8. The summed E-state index contributed by atoms with van der Waals surface area (Å²) in [5, 5.41) is 0. The van der Waals surface area contributed by atoms with Crippen molar-refractivity contribution in [3.63, 3.8) is 0 Å². The third-order valence-electron chi connectivity index (χ3n) is 0.238. The van der Waals surface area contributed by atoms with Gasteiger partial charge in [-0.25, -0.2) is 0 Å². The largest absolute Gasteiger partial charge is 2.00 e. The monoisotopic (exact) mass is 266 g/mol. The van der Waals surface area contributed by atoms with Crippen LogP contribution in [0, 0.1) is 0 Å². The molecule has 0 radical (unpaired) electrons. The third kappa shape index (κ3) is 29.9. The molecule has 0 aliphatic rings. The second-order valence-electron chi connectivity index (χ2n) is 0.980. The third-order valence-corrected chi connectivity index (χ3v) is 2.14. The van der Waals surface area contributed by atoms with Crippen LogP contribution in [-0.4, -0.2) is 34.8 Å². The van der Waals surface area contributed by atoms with Crippen LogP contribution in [0.2, 0.25) is 0 Å². The maximum absolute atomic E-state index is 9.29. The fourth-order valence-corrected chi connectivity index (χ4v) is 0.612. The van der Waals surface area contributed by atoms with E-state index in [0.29, 0.717) is 11.8 Å². The summed E-state index contributed by atoms with van der Waals surface area (Å²) in [7, 11) is -7.03. The fraction of sp³-hybridized carbons (Fsp3) is 1.00. The van der Waals surface area contributed by atoms with E-state index in [1.165, 1.54) is 0 Å². The molecule has 2 atom stereocenters. The normalized spacial score (nSPS) is 13.3. The Morgan fingerprint density at radius 1 is 1.08 bits per heavy atom. The van der Waals surface area contributed by atoms with Crippen molar-refractivity contribution in [1.29, 1.82) is 0 Å². The van der Waals surface area contributed by atoms with Gasteiger partial charge in [0.1, 0.15) is 16.5 Å². The first-order chi connectivity index (χ1) is 5.04. The van der Waals surface area contributed by atoms with E-state index in [0.717, 1.165) is 0 Å². The molecule has 5 nitrogen and oxygen atoms in total. The Labute approximate surface area is 97.4 Å². The van der Waals surface area contributed by atoms with Gasteiger partial charge in [0.25, 0.3) is 0 Å². The average Bonchev–Trinajstić information content (AvgIpc) is 1.85. The zero-order valence-electron chi connectivity index (χ0n) is 5.92. The van der Waals surface area contributed by atoms with E-state index < -0.39 is 16.5 Å². The summed E-state index contributed by atoms with van der Waals surface area (Å²) < 4.78 is 21.8. The van der Waals surface area contributed by atoms with Crippen molar-refractivity contribution in [2.75, 3.05) is 11.8 Å². The average molecular weight is 267 g/mol. The number of hydrogen-bond donors (Lipinski definition) is 0. The molecule has 0 N–H and O–H groups in total. The first kappa shape index (κ1) is 19.3. The van der Waals surface area contributed by atoms with Gasteiger partial charge in [0, 0.05) is 11.8 Å². The van der Waals surface area contributed by atoms with E-state index >= 15 is 0 Å². The predicted molar refractivity (Wildman–Crippen MR) is 46.3 cm³/mol. The van der Waals surface area contributed by atoms with Crippen LogP contribution in [0.4, 0.5) is 0 Å². The van der Waals surface area contributed by atoms with E-state index in [-0.39, 0.29) is 23.1 Å². The Morgan fingerprint density at radius 2 is 1.33 bits per heavy atom. The summed E-state index contributed by atoms with van der Waals surface area (Å²) in [6.45, 7) is 0. The Bertz CT molecular complexity index is 121. The maximum atomic E-state index is 9.29. The second-order valence-corrected chi connectivity index (χ2v) is 3.55. The molecule has 0 aromatic rings. The number of alkyl halides is 2. The van der Waals surface area contributed by atoms with Crippen LogP contribution < -0.4 is 9.79 Å². The van der Waals surface area contributed by atoms with Crippen molar-refractivity contribution in [1.82, 2.24) is 0 Å². The molecule has 12 heavy (non-hydrogen) atoms. The Morgan fingerprint density at radius 3 is 1.33 bits per heavy atom. The van der Waals surface area contributed by atoms with E-state index in [9.17, 15) is 18.9 Å². The van der Waals surface area contributed by atoms with Crippen LogP contribution in [0.3, 0.4) is 0 Å². The van der Waals surface area contributed by atoms with E-state index in [1.807, 2.05) is 0 Å². The minimum absolute atomic E-state index is 0. The SMILES string of the molecule is ClCCCl.O=[PH]([O-])O[PH](=O)[O-].[Mg+2]. The van der Waals surface area contributed by atoms with Crippen molar-refractivity contribution >= 4 is 62.8 Å². The van der Waals surface area contributed by atoms with Crippen molar-refractivity contribution in [3.8, 4) is 0 Å². The summed E-state index contributed by atoms with van der Waals surface area (Å²) in [4.78, 5) is 18.6. The van der Waals surface area contributed by atoms with E-state index in [1.54, 1.807) is 0 Å². The Kier molecular flexibility index (Phi) is 24.4. The van der Waals surface area contributed by atoms with E-state index in [2.05, 4.69) is 4.31 Å². The van der Waals surface area contributed by atoms with Gasteiger partial charge < -0.3 is 18.9 Å². The molecule has 70 valence electrons. The second kappa shape index (κ2) is 15.2. The van der Waals surface area contributed by atoms with Gasteiger partial charge in [-0.2, -0.15) is 0 Å². The van der Waals surface area contributed by atoms with Crippen LogP contribution in [0.5, 0.6) is 0 Å².